The van der Waals surface area contributed by atoms with Crippen molar-refractivity contribution in [3.05, 3.63) is 58.8 Å². The number of aliphatic carboxylic acids is 1. The van der Waals surface area contributed by atoms with E-state index in [0.29, 0.717) is 37.6 Å². The van der Waals surface area contributed by atoms with Crippen LogP contribution in [0.3, 0.4) is 0 Å². The molecule has 27 heavy (non-hydrogen) atoms. The Balaban J connectivity index is 1.80. The van der Waals surface area contributed by atoms with Crippen molar-refractivity contribution in [2.45, 2.75) is 19.9 Å². The molecule has 3 N–H and O–H groups in total. The summed E-state index contributed by atoms with van der Waals surface area (Å²) in [5, 5.41) is 9.87. The largest absolute Gasteiger partial charge is 0.480 e. The molecule has 0 bridgehead atoms. The van der Waals surface area contributed by atoms with Gasteiger partial charge in [0.05, 0.1) is 5.56 Å². The summed E-state index contributed by atoms with van der Waals surface area (Å²) < 4.78 is 0. The summed E-state index contributed by atoms with van der Waals surface area (Å²) in [6.07, 6.45) is 1.63. The van der Waals surface area contributed by atoms with E-state index in [-0.39, 0.29) is 0 Å². The molecule has 3 rings (SSSR count). The number of carbonyl (C=O) groups is 2. The number of anilines is 1. The quantitative estimate of drug-likeness (QED) is 0.834. The number of pyridine rings is 1. The molecule has 7 heteroatoms. The van der Waals surface area contributed by atoms with Gasteiger partial charge in [-0.15, -0.1) is 0 Å². The van der Waals surface area contributed by atoms with Crippen molar-refractivity contribution in [2.24, 2.45) is 5.73 Å². The smallest absolute Gasteiger partial charge is 0.325 e. The molecule has 1 amide bonds. The highest BCUT2D eigenvalue weighted by Gasteiger charge is 2.32. The van der Waals surface area contributed by atoms with E-state index in [9.17, 15) is 14.7 Å². The van der Waals surface area contributed by atoms with Crippen LogP contribution in [0.25, 0.3) is 0 Å². The highest BCUT2D eigenvalue weighted by atomic mass is 16.4. The molecule has 2 heterocycles. The van der Waals surface area contributed by atoms with Crippen molar-refractivity contribution in [2.75, 3.05) is 31.1 Å². The van der Waals surface area contributed by atoms with Gasteiger partial charge in [-0.1, -0.05) is 23.8 Å². The van der Waals surface area contributed by atoms with Gasteiger partial charge in [-0.05, 0) is 37.1 Å². The highest BCUT2D eigenvalue weighted by Crippen LogP contribution is 2.28. The van der Waals surface area contributed by atoms with E-state index in [1.165, 1.54) is 0 Å². The number of hydrogen-bond donors (Lipinski definition) is 2. The van der Waals surface area contributed by atoms with Crippen LogP contribution in [-0.2, 0) is 4.79 Å². The van der Waals surface area contributed by atoms with Crippen LogP contribution in [0.15, 0.2) is 36.5 Å². The maximum absolute atomic E-state index is 12.0. The Morgan fingerprint density at radius 1 is 1.15 bits per heavy atom. The molecule has 1 aromatic carbocycles. The standard InChI is InChI=1S/C20H24N4O3/c1-13-5-6-14(2)16(12-13)17(20(26)27)23-8-10-24(11-9-23)19-15(18(21)25)4-3-7-22-19/h3-7,12,17H,8-11H2,1-2H3,(H2,21,25)(H,26,27). The van der Waals surface area contributed by atoms with Gasteiger partial charge in [-0.3, -0.25) is 14.5 Å². The van der Waals surface area contributed by atoms with Crippen molar-refractivity contribution in [3.8, 4) is 0 Å². The van der Waals surface area contributed by atoms with E-state index in [0.717, 1.165) is 16.7 Å². The minimum absolute atomic E-state index is 0.385. The van der Waals surface area contributed by atoms with Gasteiger partial charge in [0.25, 0.3) is 5.91 Å². The van der Waals surface area contributed by atoms with E-state index >= 15 is 0 Å². The lowest BCUT2D eigenvalue weighted by molar-refractivity contribution is -0.143. The van der Waals surface area contributed by atoms with Crippen molar-refractivity contribution < 1.29 is 14.7 Å². The van der Waals surface area contributed by atoms with Gasteiger partial charge in [-0.2, -0.15) is 0 Å². The fourth-order valence-electron chi connectivity index (χ4n) is 3.57. The maximum Gasteiger partial charge on any atom is 0.325 e. The molecule has 0 aliphatic carbocycles. The molecule has 0 saturated carbocycles. The molecular formula is C20H24N4O3. The van der Waals surface area contributed by atoms with E-state index in [4.69, 9.17) is 5.73 Å². The molecule has 1 unspecified atom stereocenters. The number of primary amides is 1. The lowest BCUT2D eigenvalue weighted by atomic mass is 9.97. The van der Waals surface area contributed by atoms with Crippen LogP contribution in [0.5, 0.6) is 0 Å². The van der Waals surface area contributed by atoms with Crippen LogP contribution in [0.1, 0.15) is 33.1 Å². The van der Waals surface area contributed by atoms with Crippen LogP contribution in [0, 0.1) is 13.8 Å². The first-order valence-corrected chi connectivity index (χ1v) is 8.92. The summed E-state index contributed by atoms with van der Waals surface area (Å²) in [4.78, 5) is 31.9. The maximum atomic E-state index is 12.0. The van der Waals surface area contributed by atoms with E-state index in [1.807, 2.05) is 41.8 Å². The molecule has 1 aliphatic heterocycles. The average Bonchev–Trinajstić information content (AvgIpc) is 2.65. The number of carboxylic acids is 1. The Labute approximate surface area is 158 Å². The van der Waals surface area contributed by atoms with Gasteiger partial charge in [0.15, 0.2) is 0 Å². The van der Waals surface area contributed by atoms with Gasteiger partial charge in [0.1, 0.15) is 11.9 Å². The van der Waals surface area contributed by atoms with Gasteiger partial charge < -0.3 is 15.7 Å². The summed E-state index contributed by atoms with van der Waals surface area (Å²) in [5.41, 5.74) is 8.67. The Bertz CT molecular complexity index is 860. The number of carboxylic acid groups (broad SMARTS) is 1. The summed E-state index contributed by atoms with van der Waals surface area (Å²) in [6, 6.07) is 8.55. The Morgan fingerprint density at radius 3 is 2.48 bits per heavy atom. The lowest BCUT2D eigenvalue weighted by Crippen LogP contribution is -2.50. The van der Waals surface area contributed by atoms with Crippen LogP contribution in [0.4, 0.5) is 5.82 Å². The van der Waals surface area contributed by atoms with Crippen molar-refractivity contribution in [3.63, 3.8) is 0 Å². The first kappa shape index (κ1) is 18.8. The van der Waals surface area contributed by atoms with Gasteiger partial charge in [0.2, 0.25) is 0 Å². The molecule has 1 aliphatic rings. The zero-order valence-corrected chi connectivity index (χ0v) is 15.6. The van der Waals surface area contributed by atoms with Crippen molar-refractivity contribution >= 4 is 17.7 Å². The van der Waals surface area contributed by atoms with E-state index in [1.54, 1.807) is 18.3 Å². The zero-order chi connectivity index (χ0) is 19.6. The second kappa shape index (κ2) is 7.75. The molecule has 1 fully saturated rings. The predicted molar refractivity (Wildman–Crippen MR) is 103 cm³/mol. The van der Waals surface area contributed by atoms with Crippen LogP contribution >= 0.6 is 0 Å². The minimum Gasteiger partial charge on any atom is -0.480 e. The number of hydrogen-bond acceptors (Lipinski definition) is 5. The molecule has 142 valence electrons. The van der Waals surface area contributed by atoms with Gasteiger partial charge in [-0.25, -0.2) is 4.98 Å². The number of piperazine rings is 1. The number of benzene rings is 1. The number of nitrogens with zero attached hydrogens (tertiary/aromatic N) is 3. The van der Waals surface area contributed by atoms with Crippen molar-refractivity contribution in [1.29, 1.82) is 0 Å². The highest BCUT2D eigenvalue weighted by molar-refractivity contribution is 5.97. The monoisotopic (exact) mass is 368 g/mol. The van der Waals surface area contributed by atoms with Gasteiger partial charge >= 0.3 is 5.97 Å². The van der Waals surface area contributed by atoms with Crippen LogP contribution in [0.2, 0.25) is 0 Å². The SMILES string of the molecule is Cc1ccc(C)c(C(C(=O)O)N2CCN(c3ncccc3C(N)=O)CC2)c1. The number of aromatic nitrogens is 1. The van der Waals surface area contributed by atoms with Crippen molar-refractivity contribution in [1.82, 2.24) is 9.88 Å². The second-order valence-electron chi connectivity index (χ2n) is 6.86. The fourth-order valence-corrected chi connectivity index (χ4v) is 3.57. The number of amides is 1. The summed E-state index contributed by atoms with van der Waals surface area (Å²) in [6.45, 7) is 6.16. The Morgan fingerprint density at radius 2 is 1.85 bits per heavy atom. The third-order valence-corrected chi connectivity index (χ3v) is 4.99. The number of carbonyl (C=O) groups excluding carboxylic acids is 1. The third-order valence-electron chi connectivity index (χ3n) is 4.99. The molecule has 2 aromatic rings. The summed E-state index contributed by atoms with van der Waals surface area (Å²) in [5.74, 6) is -0.810. The zero-order valence-electron chi connectivity index (χ0n) is 15.6. The number of nitrogens with two attached hydrogens (primary N) is 1. The third kappa shape index (κ3) is 3.93. The topological polar surface area (TPSA) is 99.8 Å². The fraction of sp³-hybridized carbons (Fsp3) is 0.350. The molecule has 0 spiro atoms. The van der Waals surface area contributed by atoms with Crippen LogP contribution < -0.4 is 10.6 Å². The van der Waals surface area contributed by atoms with Gasteiger partial charge in [0, 0.05) is 32.4 Å². The normalized spacial score (nSPS) is 16.1. The molecular weight excluding hydrogens is 344 g/mol. The minimum atomic E-state index is -0.854. The Kier molecular flexibility index (Phi) is 5.41. The first-order chi connectivity index (χ1) is 12.9. The van der Waals surface area contributed by atoms with E-state index in [2.05, 4.69) is 4.98 Å². The average molecular weight is 368 g/mol. The lowest BCUT2D eigenvalue weighted by Gasteiger charge is -2.39. The summed E-state index contributed by atoms with van der Waals surface area (Å²) in [7, 11) is 0. The first-order valence-electron chi connectivity index (χ1n) is 8.92. The number of aryl methyl sites for hydroxylation is 2. The number of rotatable bonds is 5. The van der Waals surface area contributed by atoms with E-state index < -0.39 is 17.9 Å². The van der Waals surface area contributed by atoms with Crippen LogP contribution in [-0.4, -0.2) is 53.0 Å². The Hall–Kier alpha value is -2.93. The molecule has 1 atom stereocenters. The summed E-state index contributed by atoms with van der Waals surface area (Å²) >= 11 is 0. The molecule has 7 nitrogen and oxygen atoms in total. The molecule has 1 aromatic heterocycles. The molecule has 0 radical (unpaired) electrons. The molecule has 1 saturated heterocycles. The second-order valence-corrected chi connectivity index (χ2v) is 6.86. The predicted octanol–water partition coefficient (Wildman–Crippen LogP) is 1.75.